The third kappa shape index (κ3) is 7.29. The number of carbonyl (C=O) groups excluding carboxylic acids is 4. The molecule has 0 bridgehead atoms. The topological polar surface area (TPSA) is 169 Å². The minimum atomic E-state index is -1.17. The van der Waals surface area contributed by atoms with E-state index in [1.54, 1.807) is 27.7 Å². The Hall–Kier alpha value is -3.91. The van der Waals surface area contributed by atoms with Gasteiger partial charge in [-0.1, -0.05) is 23.5 Å². The number of aryl methyl sites for hydroxylation is 1. The summed E-state index contributed by atoms with van der Waals surface area (Å²) in [4.78, 5) is 55.5. The van der Waals surface area contributed by atoms with Crippen molar-refractivity contribution in [3.63, 3.8) is 0 Å². The number of hydrogen-bond donors (Lipinski definition) is 5. The number of rotatable bonds is 9. The standard InChI is InChI=1S/C28H38N6O7S/c1-16-22(23(36)32-19(24(37)39-5)15-29-26(38)41-27(2,3)4)42-25(31-16)33-21(35)13-28(20-10-6-7-12-40-20)11-8-9-18-17(28)14-30-34-18/h8-9,11,14,19-20,30,34H,6-7,10,12-13,15H2,1-5H3,(H,29,38)(H,32,36)(H,31,33,35)/t19?,20-,28?/m0/s1. The molecule has 1 saturated heterocycles. The highest BCUT2D eigenvalue weighted by molar-refractivity contribution is 7.17. The molecule has 1 aliphatic carbocycles. The first-order valence-electron chi connectivity index (χ1n) is 13.8. The first-order valence-corrected chi connectivity index (χ1v) is 14.6. The second kappa shape index (κ2) is 12.9. The Balaban J connectivity index is 1.43. The number of ether oxygens (including phenoxy) is 3. The van der Waals surface area contributed by atoms with Crippen molar-refractivity contribution in [2.24, 2.45) is 5.41 Å². The van der Waals surface area contributed by atoms with Gasteiger partial charge in [-0.15, -0.1) is 0 Å². The number of fused-ring (bicyclic) bond motifs is 1. The number of hydrazine groups is 1. The van der Waals surface area contributed by atoms with Gasteiger partial charge in [0, 0.05) is 24.8 Å². The summed E-state index contributed by atoms with van der Waals surface area (Å²) in [5.41, 5.74) is 6.96. The van der Waals surface area contributed by atoms with Crippen molar-refractivity contribution in [3.05, 3.63) is 46.3 Å². The first kappa shape index (κ1) is 31.0. The molecule has 0 radical (unpaired) electrons. The summed E-state index contributed by atoms with van der Waals surface area (Å²) in [6.45, 7) is 7.15. The summed E-state index contributed by atoms with van der Waals surface area (Å²) in [6, 6.07) is -1.17. The van der Waals surface area contributed by atoms with Gasteiger partial charge in [-0.3, -0.25) is 9.59 Å². The van der Waals surface area contributed by atoms with E-state index in [-0.39, 0.29) is 35.0 Å². The number of esters is 1. The van der Waals surface area contributed by atoms with E-state index in [9.17, 15) is 19.2 Å². The summed E-state index contributed by atoms with van der Waals surface area (Å²) < 4.78 is 16.1. The van der Waals surface area contributed by atoms with Crippen molar-refractivity contribution < 1.29 is 33.4 Å². The number of allylic oxidation sites excluding steroid dienone is 3. The Bertz CT molecular complexity index is 1310. The molecule has 42 heavy (non-hydrogen) atoms. The highest BCUT2D eigenvalue weighted by Gasteiger charge is 2.46. The summed E-state index contributed by atoms with van der Waals surface area (Å²) >= 11 is 0.986. The molecule has 0 aromatic carbocycles. The predicted molar refractivity (Wildman–Crippen MR) is 155 cm³/mol. The van der Waals surface area contributed by atoms with Gasteiger partial charge in [-0.05, 0) is 53.0 Å². The Morgan fingerprint density at radius 2 is 2.05 bits per heavy atom. The molecule has 13 nitrogen and oxygen atoms in total. The minimum Gasteiger partial charge on any atom is -0.467 e. The fourth-order valence-electron chi connectivity index (χ4n) is 5.10. The maximum Gasteiger partial charge on any atom is 0.407 e. The Morgan fingerprint density at radius 1 is 1.26 bits per heavy atom. The molecule has 1 fully saturated rings. The molecular formula is C28H38N6O7S. The number of nitrogens with one attached hydrogen (secondary N) is 5. The van der Waals surface area contributed by atoms with Crippen LogP contribution in [-0.2, 0) is 23.8 Å². The molecule has 3 aliphatic rings. The summed E-state index contributed by atoms with van der Waals surface area (Å²) in [5.74, 6) is -1.63. The lowest BCUT2D eigenvalue weighted by molar-refractivity contribution is -0.142. The van der Waals surface area contributed by atoms with Gasteiger partial charge in [0.25, 0.3) is 5.91 Å². The van der Waals surface area contributed by atoms with E-state index in [1.807, 2.05) is 24.4 Å². The third-order valence-electron chi connectivity index (χ3n) is 6.97. The average molecular weight is 603 g/mol. The molecule has 3 atom stereocenters. The van der Waals surface area contributed by atoms with E-state index < -0.39 is 35.0 Å². The van der Waals surface area contributed by atoms with Gasteiger partial charge in [0.1, 0.15) is 16.5 Å². The molecule has 3 heterocycles. The number of methoxy groups -OCH3 is 1. The second-order valence-electron chi connectivity index (χ2n) is 11.3. The van der Waals surface area contributed by atoms with E-state index in [0.29, 0.717) is 12.3 Å². The zero-order chi connectivity index (χ0) is 30.5. The van der Waals surface area contributed by atoms with Gasteiger partial charge in [0.05, 0.1) is 36.6 Å². The molecule has 2 unspecified atom stereocenters. The van der Waals surface area contributed by atoms with E-state index in [2.05, 4.69) is 31.8 Å². The van der Waals surface area contributed by atoms with Crippen molar-refractivity contribution in [1.82, 2.24) is 26.5 Å². The number of alkyl carbamates (subject to hydrolysis) is 1. The predicted octanol–water partition coefficient (Wildman–Crippen LogP) is 2.58. The third-order valence-corrected chi connectivity index (χ3v) is 8.04. The SMILES string of the molecule is COC(=O)C(CNC(=O)OC(C)(C)C)NC(=O)c1sc(NC(=O)CC2([C@@H]3CCCCO3)C=CC=C3NNC=C32)nc1C. The van der Waals surface area contributed by atoms with Crippen LogP contribution in [0.5, 0.6) is 0 Å². The van der Waals surface area contributed by atoms with Crippen LogP contribution in [0, 0.1) is 12.3 Å². The lowest BCUT2D eigenvalue weighted by Gasteiger charge is -2.42. The van der Waals surface area contributed by atoms with Gasteiger partial charge in [0.15, 0.2) is 5.13 Å². The molecule has 0 saturated carbocycles. The van der Waals surface area contributed by atoms with Crippen LogP contribution in [0.1, 0.15) is 61.8 Å². The molecular weight excluding hydrogens is 564 g/mol. The van der Waals surface area contributed by atoms with Gasteiger partial charge in [-0.2, -0.15) is 0 Å². The molecule has 14 heteroatoms. The van der Waals surface area contributed by atoms with Gasteiger partial charge in [-0.25, -0.2) is 14.6 Å². The highest BCUT2D eigenvalue weighted by atomic mass is 32.1. The number of amides is 3. The molecule has 228 valence electrons. The van der Waals surface area contributed by atoms with Crippen LogP contribution in [-0.4, -0.2) is 66.9 Å². The molecule has 1 aromatic rings. The second-order valence-corrected chi connectivity index (χ2v) is 12.3. The summed E-state index contributed by atoms with van der Waals surface area (Å²) in [7, 11) is 1.18. The van der Waals surface area contributed by atoms with E-state index >= 15 is 0 Å². The Morgan fingerprint density at radius 3 is 2.74 bits per heavy atom. The lowest BCUT2D eigenvalue weighted by atomic mass is 9.68. The molecule has 2 aliphatic heterocycles. The summed E-state index contributed by atoms with van der Waals surface area (Å²) in [5, 5.41) is 8.12. The van der Waals surface area contributed by atoms with Crippen LogP contribution in [0.2, 0.25) is 0 Å². The molecule has 3 amide bonds. The quantitative estimate of drug-likeness (QED) is 0.265. The van der Waals surface area contributed by atoms with Gasteiger partial charge < -0.3 is 41.0 Å². The maximum absolute atomic E-state index is 13.4. The van der Waals surface area contributed by atoms with E-state index in [0.717, 1.165) is 41.9 Å². The van der Waals surface area contributed by atoms with Crippen LogP contribution in [0.4, 0.5) is 9.93 Å². The number of aromatic nitrogens is 1. The molecule has 4 rings (SSSR count). The maximum atomic E-state index is 13.4. The number of hydrogen-bond acceptors (Lipinski definition) is 11. The largest absolute Gasteiger partial charge is 0.467 e. The first-order chi connectivity index (χ1) is 19.9. The lowest BCUT2D eigenvalue weighted by Crippen LogP contribution is -2.49. The Kier molecular flexibility index (Phi) is 9.57. The van der Waals surface area contributed by atoms with Crippen molar-refractivity contribution in [2.45, 2.75) is 71.1 Å². The van der Waals surface area contributed by atoms with Gasteiger partial charge >= 0.3 is 12.1 Å². The fourth-order valence-corrected chi connectivity index (χ4v) is 5.98. The smallest absolute Gasteiger partial charge is 0.407 e. The number of anilines is 1. The van der Waals surface area contributed by atoms with Crippen molar-refractivity contribution in [2.75, 3.05) is 25.6 Å². The average Bonchev–Trinajstić information content (AvgIpc) is 3.57. The van der Waals surface area contributed by atoms with Crippen LogP contribution in [0.3, 0.4) is 0 Å². The number of thiazole rings is 1. The van der Waals surface area contributed by atoms with Crippen molar-refractivity contribution in [1.29, 1.82) is 0 Å². The van der Waals surface area contributed by atoms with Crippen LogP contribution in [0.15, 0.2) is 35.7 Å². The van der Waals surface area contributed by atoms with Crippen molar-refractivity contribution in [3.8, 4) is 0 Å². The molecule has 5 N–H and O–H groups in total. The number of nitrogens with zero attached hydrogens (tertiary/aromatic N) is 1. The zero-order valence-electron chi connectivity index (χ0n) is 24.4. The molecule has 1 aromatic heterocycles. The van der Waals surface area contributed by atoms with Crippen molar-refractivity contribution >= 4 is 40.3 Å². The van der Waals surface area contributed by atoms with Crippen LogP contribution in [0.25, 0.3) is 0 Å². The van der Waals surface area contributed by atoms with Gasteiger partial charge in [0.2, 0.25) is 5.91 Å². The Labute approximate surface area is 248 Å². The van der Waals surface area contributed by atoms with Crippen LogP contribution >= 0.6 is 11.3 Å². The minimum absolute atomic E-state index is 0.113. The normalized spacial score (nSPS) is 21.9. The monoisotopic (exact) mass is 602 g/mol. The highest BCUT2D eigenvalue weighted by Crippen LogP contribution is 2.47. The number of carbonyl (C=O) groups is 4. The van der Waals surface area contributed by atoms with Crippen LogP contribution < -0.4 is 26.8 Å². The van der Waals surface area contributed by atoms with E-state index in [1.165, 1.54) is 7.11 Å². The molecule has 0 spiro atoms. The van der Waals surface area contributed by atoms with E-state index in [4.69, 9.17) is 14.2 Å². The fraction of sp³-hybridized carbons (Fsp3) is 0.536. The summed E-state index contributed by atoms with van der Waals surface area (Å²) in [6.07, 6.45) is 9.80. The zero-order valence-corrected chi connectivity index (χ0v) is 25.2.